The second-order valence-corrected chi connectivity index (χ2v) is 11.4. The van der Waals surface area contributed by atoms with Crippen LogP contribution in [-0.2, 0) is 34.5 Å². The average Bonchev–Trinajstić information content (AvgIpc) is 2.55. The van der Waals surface area contributed by atoms with Gasteiger partial charge in [0.1, 0.15) is 0 Å². The zero-order chi connectivity index (χ0) is 21.7. The van der Waals surface area contributed by atoms with Crippen molar-refractivity contribution in [1.82, 2.24) is 10.2 Å². The van der Waals surface area contributed by atoms with Gasteiger partial charge in [-0.05, 0) is 51.7 Å². The van der Waals surface area contributed by atoms with Gasteiger partial charge < -0.3 is 10.2 Å². The lowest BCUT2D eigenvalue weighted by molar-refractivity contribution is 0.269. The normalized spacial score (nSPS) is 13.3. The van der Waals surface area contributed by atoms with E-state index in [0.717, 1.165) is 7.11 Å². The van der Waals surface area contributed by atoms with Gasteiger partial charge in [0.15, 0.2) is 0 Å². The van der Waals surface area contributed by atoms with Crippen molar-refractivity contribution >= 4 is 30.4 Å². The van der Waals surface area contributed by atoms with Crippen LogP contribution in [0, 0.1) is 0 Å². The number of nitrogens with zero attached hydrogens (tertiary/aromatic N) is 1. The topological polar surface area (TPSA) is 167 Å². The molecule has 3 N–H and O–H groups in total. The molecule has 0 saturated heterocycles. The average molecular weight is 469 g/mol. The van der Waals surface area contributed by atoms with Gasteiger partial charge in [-0.1, -0.05) is 0 Å². The predicted octanol–water partition coefficient (Wildman–Crippen LogP) is -0.420. The highest BCUT2D eigenvalue weighted by molar-refractivity contribution is 7.86. The number of hydrogen-bond acceptors (Lipinski definition) is 9. The summed E-state index contributed by atoms with van der Waals surface area (Å²) >= 11 is 0. The minimum atomic E-state index is -4.03. The molecule has 28 heavy (non-hydrogen) atoms. The van der Waals surface area contributed by atoms with E-state index in [1.807, 2.05) is 4.90 Å². The Morgan fingerprint density at radius 2 is 1.25 bits per heavy atom. The van der Waals surface area contributed by atoms with Gasteiger partial charge in [0, 0.05) is 13.1 Å². The molecule has 0 aliphatic heterocycles. The minimum Gasteiger partial charge on any atom is -0.315 e. The van der Waals surface area contributed by atoms with Crippen LogP contribution < -0.4 is 5.32 Å². The molecule has 0 radical (unpaired) electrons. The molecule has 0 aliphatic rings. The van der Waals surface area contributed by atoms with Gasteiger partial charge in [0.05, 0.1) is 24.4 Å². The zero-order valence-electron chi connectivity index (χ0n) is 16.1. The first-order valence-electron chi connectivity index (χ1n) is 8.96. The summed E-state index contributed by atoms with van der Waals surface area (Å²) in [7, 11) is -10.3. The van der Waals surface area contributed by atoms with E-state index < -0.39 is 30.4 Å². The molecule has 0 aromatic carbocycles. The molecule has 0 bridgehead atoms. The first-order chi connectivity index (χ1) is 12.8. The fourth-order valence-corrected chi connectivity index (χ4v) is 4.19. The molecule has 0 fully saturated rings. The molecule has 0 atom stereocenters. The highest BCUT2D eigenvalue weighted by Gasteiger charge is 2.10. The Labute approximate surface area is 168 Å². The van der Waals surface area contributed by atoms with Crippen LogP contribution in [0.4, 0.5) is 0 Å². The van der Waals surface area contributed by atoms with Crippen LogP contribution in [-0.4, -0.2) is 96.4 Å². The molecule has 14 heteroatoms. The largest absolute Gasteiger partial charge is 0.315 e. The standard InChI is InChI=1S/C14H32N2O9S3/c1-25-28(23,24)14-4-2-7-15-8-11-16(10-6-13-27(20,21)22)9-3-5-12-26(17,18)19/h15H,2-14H2,1H3,(H,17,18,19)(H,20,21,22). The Bertz CT molecular complexity index is 721. The summed E-state index contributed by atoms with van der Waals surface area (Å²) in [6, 6.07) is 0. The predicted molar refractivity (Wildman–Crippen MR) is 106 cm³/mol. The fourth-order valence-electron chi connectivity index (χ4n) is 2.40. The maximum atomic E-state index is 11.2. The summed E-state index contributed by atoms with van der Waals surface area (Å²) in [4.78, 5) is 1.94. The highest BCUT2D eigenvalue weighted by Crippen LogP contribution is 2.01. The molecular formula is C14H32N2O9S3. The van der Waals surface area contributed by atoms with Crippen molar-refractivity contribution in [3.63, 3.8) is 0 Å². The van der Waals surface area contributed by atoms with Gasteiger partial charge in [0.25, 0.3) is 30.4 Å². The van der Waals surface area contributed by atoms with Crippen LogP contribution in [0.15, 0.2) is 0 Å². The van der Waals surface area contributed by atoms with Gasteiger partial charge in [-0.15, -0.1) is 0 Å². The quantitative estimate of drug-likeness (QED) is 0.136. The van der Waals surface area contributed by atoms with Gasteiger partial charge in [-0.2, -0.15) is 25.3 Å². The Morgan fingerprint density at radius 3 is 1.82 bits per heavy atom. The first-order valence-corrected chi connectivity index (χ1v) is 13.8. The summed E-state index contributed by atoms with van der Waals surface area (Å²) < 4.78 is 87.3. The van der Waals surface area contributed by atoms with Crippen molar-refractivity contribution < 1.29 is 38.5 Å². The van der Waals surface area contributed by atoms with Crippen molar-refractivity contribution in [2.24, 2.45) is 0 Å². The zero-order valence-corrected chi connectivity index (χ0v) is 18.6. The van der Waals surface area contributed by atoms with E-state index in [0.29, 0.717) is 52.0 Å². The van der Waals surface area contributed by atoms with E-state index in [2.05, 4.69) is 9.50 Å². The van der Waals surface area contributed by atoms with Crippen LogP contribution in [0.25, 0.3) is 0 Å². The smallest absolute Gasteiger partial charge is 0.267 e. The van der Waals surface area contributed by atoms with Crippen LogP contribution in [0.2, 0.25) is 0 Å². The van der Waals surface area contributed by atoms with Crippen molar-refractivity contribution in [3.05, 3.63) is 0 Å². The van der Waals surface area contributed by atoms with E-state index in [4.69, 9.17) is 9.11 Å². The summed E-state index contributed by atoms with van der Waals surface area (Å²) in [5, 5.41) is 3.16. The molecule has 0 aromatic heterocycles. The summed E-state index contributed by atoms with van der Waals surface area (Å²) in [5.41, 5.74) is 0. The maximum Gasteiger partial charge on any atom is 0.267 e. The molecular weight excluding hydrogens is 436 g/mol. The minimum absolute atomic E-state index is 0.0410. The number of nitrogens with one attached hydrogen (secondary N) is 1. The highest BCUT2D eigenvalue weighted by atomic mass is 32.2. The third-order valence-electron chi connectivity index (χ3n) is 3.86. The molecule has 0 heterocycles. The van der Waals surface area contributed by atoms with Crippen molar-refractivity contribution in [2.45, 2.75) is 32.1 Å². The van der Waals surface area contributed by atoms with Crippen LogP contribution in [0.3, 0.4) is 0 Å². The Balaban J connectivity index is 4.14. The Morgan fingerprint density at radius 1 is 0.714 bits per heavy atom. The van der Waals surface area contributed by atoms with E-state index in [1.54, 1.807) is 0 Å². The van der Waals surface area contributed by atoms with Gasteiger partial charge in [-0.3, -0.25) is 13.3 Å². The SMILES string of the molecule is COS(=O)(=O)CCCCNCCN(CCCCS(=O)(=O)O)CCCS(=O)(=O)O. The molecule has 0 unspecified atom stereocenters. The van der Waals surface area contributed by atoms with E-state index in [9.17, 15) is 25.3 Å². The fraction of sp³-hybridized carbons (Fsp3) is 1.00. The van der Waals surface area contributed by atoms with E-state index in [1.165, 1.54) is 0 Å². The van der Waals surface area contributed by atoms with E-state index >= 15 is 0 Å². The molecule has 170 valence electrons. The van der Waals surface area contributed by atoms with Crippen molar-refractivity contribution in [3.8, 4) is 0 Å². The molecule has 0 spiro atoms. The molecule has 11 nitrogen and oxygen atoms in total. The molecule has 0 aliphatic carbocycles. The summed E-state index contributed by atoms with van der Waals surface area (Å²) in [6.45, 7) is 2.71. The molecule has 0 saturated carbocycles. The maximum absolute atomic E-state index is 11.2. The Hall–Kier alpha value is -0.350. The summed E-state index contributed by atoms with van der Waals surface area (Å²) in [5.74, 6) is -0.717. The number of unbranched alkanes of at least 4 members (excludes halogenated alkanes) is 2. The van der Waals surface area contributed by atoms with Crippen molar-refractivity contribution in [2.75, 3.05) is 57.1 Å². The third-order valence-corrected chi connectivity index (χ3v) is 6.77. The number of hydrogen-bond donors (Lipinski definition) is 3. The number of rotatable bonds is 18. The Kier molecular flexibility index (Phi) is 13.6. The monoisotopic (exact) mass is 468 g/mol. The third kappa shape index (κ3) is 19.0. The van der Waals surface area contributed by atoms with Crippen LogP contribution in [0.5, 0.6) is 0 Å². The second kappa shape index (κ2) is 13.8. The lowest BCUT2D eigenvalue weighted by Crippen LogP contribution is -2.35. The van der Waals surface area contributed by atoms with Crippen molar-refractivity contribution in [1.29, 1.82) is 0 Å². The first kappa shape index (κ1) is 27.6. The molecule has 0 rings (SSSR count). The van der Waals surface area contributed by atoms with Gasteiger partial charge >= 0.3 is 0 Å². The molecule has 0 aromatic rings. The molecule has 0 amide bonds. The van der Waals surface area contributed by atoms with Crippen LogP contribution in [0.1, 0.15) is 32.1 Å². The summed E-state index contributed by atoms with van der Waals surface area (Å²) in [6.07, 6.45) is 2.16. The van der Waals surface area contributed by atoms with E-state index in [-0.39, 0.29) is 30.1 Å². The lowest BCUT2D eigenvalue weighted by atomic mass is 10.3. The second-order valence-electron chi connectivity index (χ2n) is 6.36. The van der Waals surface area contributed by atoms with Crippen LogP contribution >= 0.6 is 0 Å². The van der Waals surface area contributed by atoms with Gasteiger partial charge in [-0.25, -0.2) is 0 Å². The lowest BCUT2D eigenvalue weighted by Gasteiger charge is -2.22. The van der Waals surface area contributed by atoms with Gasteiger partial charge in [0.2, 0.25) is 0 Å².